The Bertz CT molecular complexity index is 748. The number of nitrogens with zero attached hydrogens (tertiary/aromatic N) is 2. The highest BCUT2D eigenvalue weighted by molar-refractivity contribution is 7.98. The zero-order chi connectivity index (χ0) is 14.7. The molecule has 106 valence electrons. The summed E-state index contributed by atoms with van der Waals surface area (Å²) in [7, 11) is 0. The third-order valence-corrected chi connectivity index (χ3v) is 4.52. The fourth-order valence-electron chi connectivity index (χ4n) is 1.74. The SMILES string of the molecule is CSc1ccc(/C=C(/Cl)c2nc(-c3ccsc3)no2)cc1. The van der Waals surface area contributed by atoms with Gasteiger partial charge in [0.25, 0.3) is 5.89 Å². The third-order valence-electron chi connectivity index (χ3n) is 2.82. The second kappa shape index (κ2) is 6.47. The molecular formula is C15H11ClN2OS2. The van der Waals surface area contributed by atoms with Gasteiger partial charge in [-0.1, -0.05) is 28.9 Å². The van der Waals surface area contributed by atoms with Crippen molar-refractivity contribution in [1.82, 2.24) is 10.1 Å². The Morgan fingerprint density at radius 3 is 2.76 bits per heavy atom. The van der Waals surface area contributed by atoms with Crippen molar-refractivity contribution < 1.29 is 4.52 Å². The van der Waals surface area contributed by atoms with E-state index in [0.29, 0.717) is 16.7 Å². The minimum atomic E-state index is 0.326. The van der Waals surface area contributed by atoms with Gasteiger partial charge in [-0.15, -0.1) is 11.8 Å². The van der Waals surface area contributed by atoms with E-state index in [-0.39, 0.29) is 0 Å². The summed E-state index contributed by atoms with van der Waals surface area (Å²) in [6.45, 7) is 0. The average molecular weight is 335 g/mol. The summed E-state index contributed by atoms with van der Waals surface area (Å²) in [5, 5.41) is 8.31. The van der Waals surface area contributed by atoms with Gasteiger partial charge >= 0.3 is 0 Å². The predicted molar refractivity (Wildman–Crippen MR) is 89.6 cm³/mol. The number of hydrogen-bond donors (Lipinski definition) is 0. The van der Waals surface area contributed by atoms with Crippen molar-refractivity contribution in [2.75, 3.05) is 6.26 Å². The van der Waals surface area contributed by atoms with Gasteiger partial charge in [-0.2, -0.15) is 16.3 Å². The molecule has 0 aliphatic carbocycles. The number of benzene rings is 1. The summed E-state index contributed by atoms with van der Waals surface area (Å²) < 4.78 is 5.21. The molecule has 0 radical (unpaired) electrons. The highest BCUT2D eigenvalue weighted by atomic mass is 35.5. The molecule has 0 aliphatic heterocycles. The summed E-state index contributed by atoms with van der Waals surface area (Å²) in [6, 6.07) is 10.0. The molecule has 0 saturated carbocycles. The minimum absolute atomic E-state index is 0.326. The summed E-state index contributed by atoms with van der Waals surface area (Å²) in [4.78, 5) is 5.52. The quantitative estimate of drug-likeness (QED) is 0.610. The van der Waals surface area contributed by atoms with E-state index in [9.17, 15) is 0 Å². The largest absolute Gasteiger partial charge is 0.333 e. The van der Waals surface area contributed by atoms with Gasteiger partial charge in [-0.05, 0) is 41.5 Å². The van der Waals surface area contributed by atoms with Crippen LogP contribution in [0.25, 0.3) is 22.5 Å². The zero-order valence-corrected chi connectivity index (χ0v) is 13.5. The van der Waals surface area contributed by atoms with E-state index >= 15 is 0 Å². The first-order valence-corrected chi connectivity index (χ1v) is 8.69. The van der Waals surface area contributed by atoms with Crippen LogP contribution in [0.1, 0.15) is 11.5 Å². The first kappa shape index (κ1) is 14.4. The Labute approximate surface area is 135 Å². The Morgan fingerprint density at radius 1 is 1.29 bits per heavy atom. The van der Waals surface area contributed by atoms with Gasteiger partial charge in [-0.3, -0.25) is 0 Å². The van der Waals surface area contributed by atoms with Gasteiger partial charge in [0.2, 0.25) is 5.82 Å². The van der Waals surface area contributed by atoms with Gasteiger partial charge in [-0.25, -0.2) is 0 Å². The molecule has 2 aromatic heterocycles. The lowest BCUT2D eigenvalue weighted by Gasteiger charge is -1.97. The van der Waals surface area contributed by atoms with Gasteiger partial charge < -0.3 is 4.52 Å². The molecule has 1 aromatic carbocycles. The van der Waals surface area contributed by atoms with Crippen LogP contribution in [0.4, 0.5) is 0 Å². The minimum Gasteiger partial charge on any atom is -0.333 e. The van der Waals surface area contributed by atoms with E-state index in [0.717, 1.165) is 11.1 Å². The average Bonchev–Trinajstić information content (AvgIpc) is 3.19. The Morgan fingerprint density at radius 2 is 2.10 bits per heavy atom. The molecule has 0 aliphatic rings. The van der Waals surface area contributed by atoms with Crippen LogP contribution in [-0.4, -0.2) is 16.4 Å². The summed E-state index contributed by atoms with van der Waals surface area (Å²) in [5.74, 6) is 0.877. The third kappa shape index (κ3) is 3.37. The van der Waals surface area contributed by atoms with Crippen molar-refractivity contribution in [1.29, 1.82) is 0 Å². The number of halogens is 1. The summed E-state index contributed by atoms with van der Waals surface area (Å²) in [5.41, 5.74) is 1.93. The molecule has 0 fully saturated rings. The molecule has 0 N–H and O–H groups in total. The first-order valence-electron chi connectivity index (χ1n) is 6.14. The number of hydrogen-bond acceptors (Lipinski definition) is 5. The molecule has 0 atom stereocenters. The second-order valence-corrected chi connectivity index (χ2v) is 6.27. The maximum atomic E-state index is 6.25. The standard InChI is InChI=1S/C15H11ClN2OS2/c1-20-12-4-2-10(3-5-12)8-13(16)15-17-14(18-19-15)11-6-7-21-9-11/h2-9H,1H3/b13-8+. The van der Waals surface area contributed by atoms with Gasteiger partial charge in [0.05, 0.1) is 0 Å². The van der Waals surface area contributed by atoms with Crippen molar-refractivity contribution >= 4 is 45.8 Å². The molecule has 0 unspecified atom stereocenters. The van der Waals surface area contributed by atoms with Crippen LogP contribution in [0.3, 0.4) is 0 Å². The van der Waals surface area contributed by atoms with Crippen LogP contribution in [0, 0.1) is 0 Å². The molecule has 6 heteroatoms. The molecular weight excluding hydrogens is 324 g/mol. The number of aromatic nitrogens is 2. The topological polar surface area (TPSA) is 38.9 Å². The maximum absolute atomic E-state index is 6.25. The van der Waals surface area contributed by atoms with E-state index in [1.807, 2.05) is 53.4 Å². The Hall–Kier alpha value is -1.56. The van der Waals surface area contributed by atoms with Crippen LogP contribution in [-0.2, 0) is 0 Å². The van der Waals surface area contributed by atoms with E-state index in [2.05, 4.69) is 10.1 Å². The molecule has 0 bridgehead atoms. The Kier molecular flexibility index (Phi) is 4.43. The van der Waals surface area contributed by atoms with Crippen molar-refractivity contribution in [3.63, 3.8) is 0 Å². The Balaban J connectivity index is 1.84. The van der Waals surface area contributed by atoms with E-state index in [1.54, 1.807) is 23.1 Å². The smallest absolute Gasteiger partial charge is 0.269 e. The summed E-state index contributed by atoms with van der Waals surface area (Å²) >= 11 is 9.54. The molecule has 0 saturated heterocycles. The van der Waals surface area contributed by atoms with Crippen molar-refractivity contribution in [2.24, 2.45) is 0 Å². The van der Waals surface area contributed by atoms with Crippen molar-refractivity contribution in [2.45, 2.75) is 4.90 Å². The molecule has 3 nitrogen and oxygen atoms in total. The second-order valence-electron chi connectivity index (χ2n) is 4.20. The van der Waals surface area contributed by atoms with Crippen molar-refractivity contribution in [3.8, 4) is 11.4 Å². The molecule has 21 heavy (non-hydrogen) atoms. The molecule has 3 aromatic rings. The van der Waals surface area contributed by atoms with Crippen LogP contribution in [0.15, 0.2) is 50.5 Å². The van der Waals surface area contributed by atoms with Gasteiger partial charge in [0.1, 0.15) is 5.03 Å². The van der Waals surface area contributed by atoms with E-state index in [4.69, 9.17) is 16.1 Å². The normalized spacial score (nSPS) is 11.8. The first-order chi connectivity index (χ1) is 10.3. The van der Waals surface area contributed by atoms with Crippen molar-refractivity contribution in [3.05, 3.63) is 52.5 Å². The lowest BCUT2D eigenvalue weighted by atomic mass is 10.2. The fourth-order valence-corrected chi connectivity index (χ4v) is 2.98. The van der Waals surface area contributed by atoms with Crippen LogP contribution < -0.4 is 0 Å². The lowest BCUT2D eigenvalue weighted by molar-refractivity contribution is 0.410. The lowest BCUT2D eigenvalue weighted by Crippen LogP contribution is -1.80. The monoisotopic (exact) mass is 334 g/mol. The molecule has 0 amide bonds. The number of thioether (sulfide) groups is 1. The van der Waals surface area contributed by atoms with Crippen LogP contribution >= 0.6 is 34.7 Å². The maximum Gasteiger partial charge on any atom is 0.269 e. The fraction of sp³-hybridized carbons (Fsp3) is 0.0667. The molecule has 2 heterocycles. The van der Waals surface area contributed by atoms with E-state index < -0.39 is 0 Å². The predicted octanol–water partition coefficient (Wildman–Crippen LogP) is 5.26. The number of rotatable bonds is 4. The van der Waals surface area contributed by atoms with E-state index in [1.165, 1.54) is 4.90 Å². The number of thiophene rings is 1. The van der Waals surface area contributed by atoms with Crippen LogP contribution in [0.2, 0.25) is 0 Å². The van der Waals surface area contributed by atoms with Crippen LogP contribution in [0.5, 0.6) is 0 Å². The summed E-state index contributed by atoms with van der Waals surface area (Å²) in [6.07, 6.45) is 3.86. The molecule has 0 spiro atoms. The molecule has 3 rings (SSSR count). The van der Waals surface area contributed by atoms with Gasteiger partial charge in [0, 0.05) is 15.8 Å². The zero-order valence-electron chi connectivity index (χ0n) is 11.1. The van der Waals surface area contributed by atoms with Gasteiger partial charge in [0.15, 0.2) is 0 Å². The highest BCUT2D eigenvalue weighted by Crippen LogP contribution is 2.25. The highest BCUT2D eigenvalue weighted by Gasteiger charge is 2.11.